The number of ether oxygens (including phenoxy) is 2. The normalized spacial score (nSPS) is 10.2. The highest BCUT2D eigenvalue weighted by molar-refractivity contribution is 5.65. The molecule has 94 valence electrons. The van der Waals surface area contributed by atoms with Gasteiger partial charge in [0.05, 0.1) is 6.61 Å². The fourth-order valence-corrected chi connectivity index (χ4v) is 1.48. The summed E-state index contributed by atoms with van der Waals surface area (Å²) in [5.41, 5.74) is 2.62. The topological polar surface area (TPSA) is 35.5 Å². The molecule has 0 radical (unpaired) electrons. The van der Waals surface area contributed by atoms with Gasteiger partial charge in [-0.15, -0.1) is 0 Å². The molecule has 0 fully saturated rings. The Kier molecular flexibility index (Phi) is 6.33. The molecule has 3 nitrogen and oxygen atoms in total. The van der Waals surface area contributed by atoms with Gasteiger partial charge in [-0.3, -0.25) is 4.79 Å². The third kappa shape index (κ3) is 6.74. The summed E-state index contributed by atoms with van der Waals surface area (Å²) >= 11 is 0. The Morgan fingerprint density at radius 3 is 2.47 bits per heavy atom. The number of benzene rings is 1. The Bertz CT molecular complexity index is 330. The Morgan fingerprint density at radius 2 is 1.82 bits per heavy atom. The number of aryl methyl sites for hydroxylation is 2. The van der Waals surface area contributed by atoms with Crippen LogP contribution in [0.25, 0.3) is 0 Å². The minimum Gasteiger partial charge on any atom is -0.463 e. The molecule has 0 atom stereocenters. The number of hydrogen-bond acceptors (Lipinski definition) is 3. The van der Waals surface area contributed by atoms with Crippen LogP contribution in [-0.4, -0.2) is 25.8 Å². The van der Waals surface area contributed by atoms with Gasteiger partial charge in [0.25, 0.3) is 0 Å². The van der Waals surface area contributed by atoms with Crippen LogP contribution in [0.4, 0.5) is 0 Å². The van der Waals surface area contributed by atoms with Crippen molar-refractivity contribution in [3.63, 3.8) is 0 Å². The van der Waals surface area contributed by atoms with E-state index in [4.69, 9.17) is 9.47 Å². The fraction of sp³-hybridized carbons (Fsp3) is 0.500. The zero-order valence-electron chi connectivity index (χ0n) is 10.6. The number of rotatable bonds is 7. The Morgan fingerprint density at radius 1 is 1.12 bits per heavy atom. The summed E-state index contributed by atoms with van der Waals surface area (Å²) in [7, 11) is 0. The number of carbonyl (C=O) groups is 1. The largest absolute Gasteiger partial charge is 0.463 e. The highest BCUT2D eigenvalue weighted by Gasteiger charge is 1.95. The van der Waals surface area contributed by atoms with Crippen LogP contribution >= 0.6 is 0 Å². The van der Waals surface area contributed by atoms with Gasteiger partial charge < -0.3 is 9.47 Å². The predicted octanol–water partition coefficient (Wildman–Crippen LogP) is 2.51. The lowest BCUT2D eigenvalue weighted by Gasteiger charge is -2.05. The van der Waals surface area contributed by atoms with E-state index in [0.717, 1.165) is 12.8 Å². The molecule has 0 aliphatic rings. The molecule has 1 aromatic carbocycles. The van der Waals surface area contributed by atoms with Crippen LogP contribution in [-0.2, 0) is 20.7 Å². The number of hydrogen-bond donors (Lipinski definition) is 0. The molecule has 3 heteroatoms. The molecule has 0 aromatic heterocycles. The SMILES string of the molecule is CC(=O)OCCOCCCc1ccc(C)cc1. The van der Waals surface area contributed by atoms with Gasteiger partial charge in [-0.05, 0) is 25.3 Å². The molecule has 0 spiro atoms. The second kappa shape index (κ2) is 7.85. The molecule has 0 heterocycles. The quantitative estimate of drug-likeness (QED) is 0.539. The molecule has 0 unspecified atom stereocenters. The van der Waals surface area contributed by atoms with Crippen molar-refractivity contribution in [3.05, 3.63) is 35.4 Å². The van der Waals surface area contributed by atoms with E-state index in [1.807, 2.05) is 0 Å². The van der Waals surface area contributed by atoms with Crippen LogP contribution in [0.1, 0.15) is 24.5 Å². The summed E-state index contributed by atoms with van der Waals surface area (Å²) in [6.45, 7) is 5.02. The van der Waals surface area contributed by atoms with Crippen molar-refractivity contribution in [1.29, 1.82) is 0 Å². The molecule has 0 saturated carbocycles. The first-order valence-electron chi connectivity index (χ1n) is 5.95. The van der Waals surface area contributed by atoms with Gasteiger partial charge in [0.1, 0.15) is 6.61 Å². The Labute approximate surface area is 103 Å². The third-order valence-electron chi connectivity index (χ3n) is 2.41. The summed E-state index contributed by atoms with van der Waals surface area (Å²) in [5, 5.41) is 0. The first-order chi connectivity index (χ1) is 8.18. The van der Waals surface area contributed by atoms with Crippen molar-refractivity contribution < 1.29 is 14.3 Å². The first-order valence-corrected chi connectivity index (χ1v) is 5.95. The van der Waals surface area contributed by atoms with Crippen molar-refractivity contribution in [3.8, 4) is 0 Å². The lowest BCUT2D eigenvalue weighted by atomic mass is 10.1. The van der Waals surface area contributed by atoms with Crippen molar-refractivity contribution in [2.24, 2.45) is 0 Å². The minimum atomic E-state index is -0.256. The predicted molar refractivity (Wildman–Crippen MR) is 67.0 cm³/mol. The Hall–Kier alpha value is -1.35. The molecular weight excluding hydrogens is 216 g/mol. The summed E-state index contributed by atoms with van der Waals surface area (Å²) < 4.78 is 10.1. The van der Waals surface area contributed by atoms with E-state index >= 15 is 0 Å². The maximum Gasteiger partial charge on any atom is 0.302 e. The van der Waals surface area contributed by atoms with Crippen LogP contribution in [0.2, 0.25) is 0 Å². The molecule has 0 saturated heterocycles. The van der Waals surface area contributed by atoms with Crippen molar-refractivity contribution in [2.45, 2.75) is 26.7 Å². The van der Waals surface area contributed by atoms with Crippen molar-refractivity contribution in [1.82, 2.24) is 0 Å². The second-order valence-corrected chi connectivity index (χ2v) is 4.04. The van der Waals surface area contributed by atoms with Gasteiger partial charge in [0.15, 0.2) is 0 Å². The third-order valence-corrected chi connectivity index (χ3v) is 2.41. The van der Waals surface area contributed by atoms with Crippen LogP contribution in [0.5, 0.6) is 0 Å². The molecule has 1 aromatic rings. The van der Waals surface area contributed by atoms with Crippen LogP contribution in [0, 0.1) is 6.92 Å². The fourth-order valence-electron chi connectivity index (χ4n) is 1.48. The van der Waals surface area contributed by atoms with Crippen molar-refractivity contribution >= 4 is 5.97 Å². The number of carbonyl (C=O) groups excluding carboxylic acids is 1. The van der Waals surface area contributed by atoms with Gasteiger partial charge in [-0.2, -0.15) is 0 Å². The monoisotopic (exact) mass is 236 g/mol. The molecule has 1 rings (SSSR count). The van der Waals surface area contributed by atoms with E-state index in [9.17, 15) is 4.79 Å². The maximum absolute atomic E-state index is 10.5. The van der Waals surface area contributed by atoms with Crippen LogP contribution in [0.3, 0.4) is 0 Å². The van der Waals surface area contributed by atoms with E-state index in [2.05, 4.69) is 31.2 Å². The molecule has 0 amide bonds. The molecule has 17 heavy (non-hydrogen) atoms. The molecule has 0 aliphatic carbocycles. The summed E-state index contributed by atoms with van der Waals surface area (Å²) in [5.74, 6) is -0.256. The summed E-state index contributed by atoms with van der Waals surface area (Å²) in [6.07, 6.45) is 2.01. The van der Waals surface area contributed by atoms with Crippen LogP contribution < -0.4 is 0 Å². The molecule has 0 aliphatic heterocycles. The lowest BCUT2D eigenvalue weighted by Crippen LogP contribution is -2.08. The average molecular weight is 236 g/mol. The van der Waals surface area contributed by atoms with Crippen LogP contribution in [0.15, 0.2) is 24.3 Å². The van der Waals surface area contributed by atoms with Gasteiger partial charge in [0.2, 0.25) is 0 Å². The molecular formula is C14H20O3. The summed E-state index contributed by atoms with van der Waals surface area (Å²) in [4.78, 5) is 10.5. The highest BCUT2D eigenvalue weighted by Crippen LogP contribution is 2.05. The number of esters is 1. The molecule has 0 bridgehead atoms. The van der Waals surface area contributed by atoms with E-state index in [0.29, 0.717) is 19.8 Å². The van der Waals surface area contributed by atoms with E-state index in [-0.39, 0.29) is 5.97 Å². The maximum atomic E-state index is 10.5. The Balaban J connectivity index is 2.01. The zero-order valence-corrected chi connectivity index (χ0v) is 10.6. The minimum absolute atomic E-state index is 0.256. The smallest absolute Gasteiger partial charge is 0.302 e. The molecule has 0 N–H and O–H groups in total. The average Bonchev–Trinajstić information content (AvgIpc) is 2.30. The van der Waals surface area contributed by atoms with Gasteiger partial charge in [0, 0.05) is 13.5 Å². The van der Waals surface area contributed by atoms with Gasteiger partial charge in [-0.1, -0.05) is 29.8 Å². The van der Waals surface area contributed by atoms with E-state index in [1.165, 1.54) is 18.1 Å². The standard InChI is InChI=1S/C14H20O3/c1-12-5-7-14(8-6-12)4-3-9-16-10-11-17-13(2)15/h5-8H,3-4,9-11H2,1-2H3. The van der Waals surface area contributed by atoms with Gasteiger partial charge >= 0.3 is 5.97 Å². The highest BCUT2D eigenvalue weighted by atomic mass is 16.6. The lowest BCUT2D eigenvalue weighted by molar-refractivity contribution is -0.142. The second-order valence-electron chi connectivity index (χ2n) is 4.04. The zero-order chi connectivity index (χ0) is 12.5. The van der Waals surface area contributed by atoms with E-state index in [1.54, 1.807) is 0 Å². The van der Waals surface area contributed by atoms with Crippen molar-refractivity contribution in [2.75, 3.05) is 19.8 Å². The summed E-state index contributed by atoms with van der Waals surface area (Å²) in [6, 6.07) is 8.54. The van der Waals surface area contributed by atoms with Gasteiger partial charge in [-0.25, -0.2) is 0 Å². The van der Waals surface area contributed by atoms with E-state index < -0.39 is 0 Å². The first kappa shape index (κ1) is 13.7.